The van der Waals surface area contributed by atoms with Crippen molar-refractivity contribution in [2.75, 3.05) is 25.4 Å². The predicted molar refractivity (Wildman–Crippen MR) is 124 cm³/mol. The highest BCUT2D eigenvalue weighted by molar-refractivity contribution is 8.00. The van der Waals surface area contributed by atoms with Gasteiger partial charge in [0.2, 0.25) is 5.91 Å². The molecule has 1 aliphatic heterocycles. The predicted octanol–water partition coefficient (Wildman–Crippen LogP) is 4.94. The van der Waals surface area contributed by atoms with Crippen molar-refractivity contribution >= 4 is 23.6 Å². The number of thioether (sulfide) groups is 1. The molecule has 2 amide bonds. The third-order valence-electron chi connectivity index (χ3n) is 5.69. The topological polar surface area (TPSA) is 40.6 Å². The number of likely N-dealkylation sites (tertiary alicyclic amines) is 1. The monoisotopic (exact) mass is 424 g/mol. The molecule has 0 unspecified atom stereocenters. The molecule has 160 valence electrons. The normalized spacial score (nSPS) is 14.6. The third kappa shape index (κ3) is 5.66. The molecular formula is C25H32N2O2S. The molecule has 1 saturated heterocycles. The molecule has 1 heterocycles. The van der Waals surface area contributed by atoms with E-state index in [4.69, 9.17) is 0 Å². The van der Waals surface area contributed by atoms with Crippen LogP contribution in [0, 0.1) is 13.8 Å². The number of rotatable bonds is 7. The maximum Gasteiger partial charge on any atom is 0.253 e. The molecule has 4 nitrogen and oxygen atoms in total. The van der Waals surface area contributed by atoms with Gasteiger partial charge in [-0.05, 0) is 56.9 Å². The van der Waals surface area contributed by atoms with Crippen LogP contribution in [-0.4, -0.2) is 53.0 Å². The summed E-state index contributed by atoms with van der Waals surface area (Å²) in [4.78, 5) is 30.9. The second-order valence-corrected chi connectivity index (χ2v) is 9.05. The van der Waals surface area contributed by atoms with Crippen molar-refractivity contribution < 1.29 is 9.59 Å². The molecule has 2 aromatic carbocycles. The van der Waals surface area contributed by atoms with E-state index in [0.717, 1.165) is 31.4 Å². The number of carbonyl (C=O) groups excluding carboxylic acids is 2. The molecule has 30 heavy (non-hydrogen) atoms. The van der Waals surface area contributed by atoms with Crippen molar-refractivity contribution in [2.45, 2.75) is 51.0 Å². The Morgan fingerprint density at radius 2 is 1.77 bits per heavy atom. The lowest BCUT2D eigenvalue weighted by Gasteiger charge is -2.38. The number of piperidine rings is 1. The van der Waals surface area contributed by atoms with Crippen molar-refractivity contribution in [3.05, 3.63) is 65.2 Å². The van der Waals surface area contributed by atoms with Gasteiger partial charge in [-0.1, -0.05) is 42.8 Å². The number of amides is 2. The first-order valence-corrected chi connectivity index (χ1v) is 11.8. The molecule has 0 aliphatic carbocycles. The summed E-state index contributed by atoms with van der Waals surface area (Å²) in [5.41, 5.74) is 3.17. The van der Waals surface area contributed by atoms with Gasteiger partial charge < -0.3 is 9.80 Å². The van der Waals surface area contributed by atoms with E-state index in [1.54, 1.807) is 11.8 Å². The van der Waals surface area contributed by atoms with Crippen molar-refractivity contribution in [2.24, 2.45) is 0 Å². The summed E-state index contributed by atoms with van der Waals surface area (Å²) in [5.74, 6) is 0.761. The van der Waals surface area contributed by atoms with E-state index in [2.05, 4.69) is 43.9 Å². The molecule has 0 bridgehead atoms. The minimum atomic E-state index is 0.0906. The van der Waals surface area contributed by atoms with Crippen LogP contribution < -0.4 is 0 Å². The van der Waals surface area contributed by atoms with Gasteiger partial charge in [0, 0.05) is 36.1 Å². The zero-order valence-corrected chi connectivity index (χ0v) is 19.1. The minimum Gasteiger partial charge on any atom is -0.339 e. The maximum atomic E-state index is 13.1. The number of nitrogens with zero attached hydrogens (tertiary/aromatic N) is 2. The lowest BCUT2D eigenvalue weighted by molar-refractivity contribution is -0.131. The second kappa shape index (κ2) is 10.7. The van der Waals surface area contributed by atoms with E-state index < -0.39 is 0 Å². The SMILES string of the molecule is CCCN(C(=O)CSc1cc(C)ccc1C)C1CCN(C(=O)c2ccccc2)CC1. The Morgan fingerprint density at radius 3 is 2.43 bits per heavy atom. The molecule has 0 atom stereocenters. The van der Waals surface area contributed by atoms with Crippen LogP contribution in [0.1, 0.15) is 47.7 Å². The van der Waals surface area contributed by atoms with Crippen LogP contribution in [-0.2, 0) is 4.79 Å². The third-order valence-corrected chi connectivity index (χ3v) is 6.83. The fraction of sp³-hybridized carbons (Fsp3) is 0.440. The average Bonchev–Trinajstić information content (AvgIpc) is 2.78. The summed E-state index contributed by atoms with van der Waals surface area (Å²) < 4.78 is 0. The molecule has 2 aromatic rings. The molecule has 0 aromatic heterocycles. The first-order chi connectivity index (χ1) is 14.5. The Morgan fingerprint density at radius 1 is 1.07 bits per heavy atom. The highest BCUT2D eigenvalue weighted by Gasteiger charge is 2.29. The van der Waals surface area contributed by atoms with E-state index in [9.17, 15) is 9.59 Å². The van der Waals surface area contributed by atoms with Crippen LogP contribution in [0.3, 0.4) is 0 Å². The second-order valence-electron chi connectivity index (χ2n) is 8.03. The Balaban J connectivity index is 1.57. The number of hydrogen-bond acceptors (Lipinski definition) is 3. The zero-order valence-electron chi connectivity index (χ0n) is 18.3. The van der Waals surface area contributed by atoms with Gasteiger partial charge in [-0.2, -0.15) is 0 Å². The summed E-state index contributed by atoms with van der Waals surface area (Å²) in [7, 11) is 0. The number of benzene rings is 2. The molecule has 0 saturated carbocycles. The van der Waals surface area contributed by atoms with Gasteiger partial charge in [-0.15, -0.1) is 11.8 Å². The van der Waals surface area contributed by atoms with Crippen LogP contribution >= 0.6 is 11.8 Å². The molecular weight excluding hydrogens is 392 g/mol. The van der Waals surface area contributed by atoms with E-state index in [0.29, 0.717) is 18.8 Å². The van der Waals surface area contributed by atoms with Gasteiger partial charge in [-0.25, -0.2) is 0 Å². The molecule has 0 radical (unpaired) electrons. The molecule has 5 heteroatoms. The van der Waals surface area contributed by atoms with Crippen LogP contribution in [0.15, 0.2) is 53.4 Å². The van der Waals surface area contributed by atoms with Gasteiger partial charge in [0.15, 0.2) is 0 Å². The fourth-order valence-electron chi connectivity index (χ4n) is 3.98. The molecule has 0 spiro atoms. The summed E-state index contributed by atoms with van der Waals surface area (Å²) >= 11 is 1.63. The number of carbonyl (C=O) groups is 2. The van der Waals surface area contributed by atoms with Crippen molar-refractivity contribution in [1.82, 2.24) is 9.80 Å². The van der Waals surface area contributed by atoms with Gasteiger partial charge in [0.1, 0.15) is 0 Å². The molecule has 0 N–H and O–H groups in total. The van der Waals surface area contributed by atoms with Gasteiger partial charge in [0.05, 0.1) is 5.75 Å². The van der Waals surface area contributed by atoms with Gasteiger partial charge in [0.25, 0.3) is 5.91 Å². The van der Waals surface area contributed by atoms with E-state index in [1.807, 2.05) is 35.2 Å². The highest BCUT2D eigenvalue weighted by Crippen LogP contribution is 2.25. The quantitative estimate of drug-likeness (QED) is 0.591. The van der Waals surface area contributed by atoms with Crippen molar-refractivity contribution in [3.63, 3.8) is 0 Å². The molecule has 3 rings (SSSR count). The first-order valence-electron chi connectivity index (χ1n) is 10.8. The summed E-state index contributed by atoms with van der Waals surface area (Å²) in [6.07, 6.45) is 2.64. The van der Waals surface area contributed by atoms with Gasteiger partial charge >= 0.3 is 0 Å². The Hall–Kier alpha value is -2.27. The lowest BCUT2D eigenvalue weighted by atomic mass is 10.0. The average molecular weight is 425 g/mol. The first kappa shape index (κ1) is 22.4. The molecule has 1 fully saturated rings. The summed E-state index contributed by atoms with van der Waals surface area (Å²) in [6, 6.07) is 16.1. The maximum absolute atomic E-state index is 13.1. The summed E-state index contributed by atoms with van der Waals surface area (Å²) in [5, 5.41) is 0. The number of aryl methyl sites for hydroxylation is 2. The Labute approximate surface area is 184 Å². The van der Waals surface area contributed by atoms with E-state index >= 15 is 0 Å². The van der Waals surface area contributed by atoms with Gasteiger partial charge in [-0.3, -0.25) is 9.59 Å². The van der Waals surface area contributed by atoms with E-state index in [1.165, 1.54) is 16.0 Å². The smallest absolute Gasteiger partial charge is 0.253 e. The summed E-state index contributed by atoms with van der Waals surface area (Å²) in [6.45, 7) is 8.48. The fourth-order valence-corrected chi connectivity index (χ4v) is 4.99. The van der Waals surface area contributed by atoms with Crippen LogP contribution in [0.5, 0.6) is 0 Å². The van der Waals surface area contributed by atoms with Crippen molar-refractivity contribution in [3.8, 4) is 0 Å². The van der Waals surface area contributed by atoms with Crippen LogP contribution in [0.2, 0.25) is 0 Å². The van der Waals surface area contributed by atoms with Crippen LogP contribution in [0.4, 0.5) is 0 Å². The minimum absolute atomic E-state index is 0.0906. The van der Waals surface area contributed by atoms with E-state index in [-0.39, 0.29) is 17.9 Å². The standard InChI is InChI=1S/C25H32N2O2S/c1-4-14-27(24(28)18-30-23-17-19(2)10-11-20(23)3)22-12-15-26(16-13-22)25(29)21-8-6-5-7-9-21/h5-11,17,22H,4,12-16,18H2,1-3H3. The Kier molecular flexibility index (Phi) is 7.97. The Bertz CT molecular complexity index is 861. The molecule has 1 aliphatic rings. The highest BCUT2D eigenvalue weighted by atomic mass is 32.2. The lowest BCUT2D eigenvalue weighted by Crippen LogP contribution is -2.49. The van der Waals surface area contributed by atoms with Crippen molar-refractivity contribution in [1.29, 1.82) is 0 Å². The zero-order chi connectivity index (χ0) is 21.5. The largest absolute Gasteiger partial charge is 0.339 e. The van der Waals surface area contributed by atoms with Crippen LogP contribution in [0.25, 0.3) is 0 Å². The number of hydrogen-bond donors (Lipinski definition) is 0.